The molecule has 3 aliphatic rings. The molecule has 0 bridgehead atoms. The molecule has 0 spiro atoms. The van der Waals surface area contributed by atoms with E-state index in [4.69, 9.17) is 36.0 Å². The second kappa shape index (κ2) is 22.3. The molecule has 0 aromatic carbocycles. The summed E-state index contributed by atoms with van der Waals surface area (Å²) in [4.78, 5) is 0. The fourth-order valence-electron chi connectivity index (χ4n) is 0.749. The van der Waals surface area contributed by atoms with Crippen LogP contribution in [0.25, 0.3) is 0 Å². The van der Waals surface area contributed by atoms with Gasteiger partial charge in [-0.25, -0.2) is 28.4 Å². The number of ether oxygens (including phenoxy) is 5. The predicted molar refractivity (Wildman–Crippen MR) is 77.1 cm³/mol. The molecule has 3 unspecified atom stereocenters. The Bertz CT molecular complexity index is 181. The molecular formula is C13H25ClO7Rf2-4. The van der Waals surface area contributed by atoms with Gasteiger partial charge in [0.2, 0.25) is 0 Å². The molecule has 3 rings (SSSR count). The van der Waals surface area contributed by atoms with Gasteiger partial charge >= 0.3 is 0 Å². The van der Waals surface area contributed by atoms with Crippen molar-refractivity contribution in [2.45, 2.75) is 18.3 Å². The van der Waals surface area contributed by atoms with Gasteiger partial charge in [-0.05, 0) is 0 Å². The fraction of sp³-hybridized carbons (Fsp3) is 0.692. The first-order chi connectivity index (χ1) is 10.3. The quantitative estimate of drug-likeness (QED) is 0.245. The van der Waals surface area contributed by atoms with Gasteiger partial charge in [-0.15, -0.1) is 11.6 Å². The molecular weight excluding hydrogens is 838 g/mol. The van der Waals surface area contributed by atoms with Crippen LogP contribution < -0.4 is 0 Å². The Kier molecular flexibility index (Phi) is 28.2. The zero-order chi connectivity index (χ0) is 16.5. The molecule has 0 aromatic rings. The van der Waals surface area contributed by atoms with Gasteiger partial charge in [0.05, 0.1) is 31.8 Å². The molecule has 2 N–H and O–H groups in total. The van der Waals surface area contributed by atoms with Crippen LogP contribution in [0.4, 0.5) is 0 Å². The first-order valence-electron chi connectivity index (χ1n) is 6.08. The van der Waals surface area contributed by atoms with Gasteiger partial charge in [-0.1, -0.05) is 0 Å². The maximum Gasteiger partial charge on any atom is 0.101 e. The van der Waals surface area contributed by atoms with Crippen molar-refractivity contribution in [3.8, 4) is 0 Å². The second-order valence-electron chi connectivity index (χ2n) is 3.76. The molecule has 0 saturated carbocycles. The predicted octanol–water partition coefficient (Wildman–Crippen LogP) is 1.31. The second-order valence-corrected chi connectivity index (χ2v) is 4.07. The number of aliphatic hydroxyl groups excluding tert-OH is 2. The van der Waals surface area contributed by atoms with Gasteiger partial charge in [0.15, 0.2) is 0 Å². The van der Waals surface area contributed by atoms with Crippen LogP contribution >= 0.6 is 11.6 Å². The van der Waals surface area contributed by atoms with E-state index in [0.29, 0.717) is 37.4 Å². The van der Waals surface area contributed by atoms with Crippen molar-refractivity contribution in [1.82, 2.24) is 0 Å². The summed E-state index contributed by atoms with van der Waals surface area (Å²) in [5.41, 5.74) is 0. The van der Waals surface area contributed by atoms with E-state index in [1.165, 1.54) is 0 Å². The van der Waals surface area contributed by atoms with E-state index in [9.17, 15) is 0 Å². The zero-order valence-electron chi connectivity index (χ0n) is 13.5. The third-order valence-corrected chi connectivity index (χ3v) is 2.33. The van der Waals surface area contributed by atoms with E-state index in [2.05, 4.69) is 37.9 Å². The Morgan fingerprint density at radius 3 is 1.09 bits per heavy atom. The van der Waals surface area contributed by atoms with Crippen LogP contribution in [-0.2, 0) is 23.7 Å². The molecule has 10 heteroatoms. The summed E-state index contributed by atoms with van der Waals surface area (Å²) in [6.45, 7) is 3.90. The Morgan fingerprint density at radius 1 is 0.783 bits per heavy atom. The van der Waals surface area contributed by atoms with Crippen molar-refractivity contribution in [3.05, 3.63) is 28.4 Å². The van der Waals surface area contributed by atoms with Crippen LogP contribution in [0.5, 0.6) is 0 Å². The molecule has 134 valence electrons. The van der Waals surface area contributed by atoms with Gasteiger partial charge in [-0.3, -0.25) is 0 Å². The number of epoxide rings is 3. The topological polar surface area (TPSA) is 96.5 Å². The maximum atomic E-state index is 6.75. The molecule has 0 aliphatic carbocycles. The minimum absolute atomic E-state index is 0. The number of aliphatic hydroxyl groups is 2. The molecule has 3 fully saturated rings. The van der Waals surface area contributed by atoms with Gasteiger partial charge in [-0.2, -0.15) is 0 Å². The summed E-state index contributed by atoms with van der Waals surface area (Å²) in [7, 11) is 10.9. The summed E-state index contributed by atoms with van der Waals surface area (Å²) in [6, 6.07) is 0. The van der Waals surface area contributed by atoms with Gasteiger partial charge < -0.3 is 33.9 Å². The number of halogens is 1. The molecule has 0 radical (unpaired) electrons. The molecule has 0 amide bonds. The summed E-state index contributed by atoms with van der Waals surface area (Å²) < 4.78 is 23.3. The minimum Gasteiger partial charge on any atom is -0.569 e. The maximum absolute atomic E-state index is 6.75. The molecule has 0 aromatic heterocycles. The zero-order valence-corrected chi connectivity index (χ0v) is 27.1. The third-order valence-electron chi connectivity index (χ3n) is 1.99. The average Bonchev–Trinajstić information content (AvgIpc) is 3.38. The van der Waals surface area contributed by atoms with E-state index in [-0.39, 0.29) is 0 Å². The van der Waals surface area contributed by atoms with Crippen molar-refractivity contribution in [2.75, 3.05) is 38.9 Å². The van der Waals surface area contributed by atoms with E-state index in [1.54, 1.807) is 0 Å². The first kappa shape index (κ1) is 29.1. The average molecular weight is 863 g/mol. The molecule has 7 nitrogen and oxygen atoms in total. The van der Waals surface area contributed by atoms with Crippen LogP contribution in [0.3, 0.4) is 0 Å². The fourth-order valence-corrected chi connectivity index (χ4v) is 0.927. The smallest absolute Gasteiger partial charge is 0.101 e. The van der Waals surface area contributed by atoms with Crippen molar-refractivity contribution in [2.24, 2.45) is 0 Å². The Labute approximate surface area is 132 Å². The summed E-state index contributed by atoms with van der Waals surface area (Å²) >= 11 is 5.27. The van der Waals surface area contributed by atoms with E-state index in [1.807, 2.05) is 0 Å². The SMILES string of the molecule is ClCC1CO1.[CH2-]O.[CH2-]O.[CH2-]OCC1CO1.[CH2-]OCC1CO1.[Rf].[Rf]. The number of hydrogen-bond acceptors (Lipinski definition) is 7. The number of alkyl halides is 1. The third kappa shape index (κ3) is 28.8. The van der Waals surface area contributed by atoms with Crippen molar-refractivity contribution in [1.29, 1.82) is 0 Å². The van der Waals surface area contributed by atoms with Crippen LogP contribution in [-0.4, -0.2) is 67.4 Å². The summed E-state index contributed by atoms with van der Waals surface area (Å²) in [6.07, 6.45) is 1.13. The standard InChI is InChI=1S/2C4H7O2.C3H5ClO.2CH3O.2Rf/c2*1-5-2-4-3-6-4;4-1-3-2-5-3;2*1-2;;/h2*4H,1-3H2;3H,1-2H2;2*2H,1H2;;/q2*-1;;2*-1;;. The minimum atomic E-state index is 0. The van der Waals surface area contributed by atoms with Crippen LogP contribution in [0.1, 0.15) is 0 Å². The normalized spacial score (nSPS) is 23.9. The van der Waals surface area contributed by atoms with E-state index in [0.717, 1.165) is 19.8 Å². The first-order valence-corrected chi connectivity index (χ1v) is 6.61. The molecule has 3 atom stereocenters. The van der Waals surface area contributed by atoms with Crippen LogP contribution in [0.15, 0.2) is 0 Å². The molecule has 3 saturated heterocycles. The van der Waals surface area contributed by atoms with Crippen molar-refractivity contribution >= 4 is 11.6 Å². The molecule has 3 aliphatic heterocycles. The van der Waals surface area contributed by atoms with Gasteiger partial charge in [0.25, 0.3) is 0 Å². The Hall–Kier alpha value is -1.99. The number of rotatable bonds is 5. The molecule has 3 heterocycles. The van der Waals surface area contributed by atoms with Crippen LogP contribution in [0.2, 0.25) is 0 Å². The Balaban J connectivity index is -0.000000102. The van der Waals surface area contributed by atoms with E-state index < -0.39 is 0 Å². The van der Waals surface area contributed by atoms with Crippen LogP contribution in [0, 0.1) is 28.4 Å². The summed E-state index contributed by atoms with van der Waals surface area (Å²) in [5.74, 6) is 0.667. The van der Waals surface area contributed by atoms with Crippen molar-refractivity contribution in [3.63, 3.8) is 0 Å². The largest absolute Gasteiger partial charge is 0.569 e. The number of hydrogen-bond donors (Lipinski definition) is 2. The Morgan fingerprint density at radius 2 is 1.04 bits per heavy atom. The molecule has 23 heavy (non-hydrogen) atoms. The summed E-state index contributed by atoms with van der Waals surface area (Å²) in [5, 5.41) is 13.5. The van der Waals surface area contributed by atoms with Crippen molar-refractivity contribution < 1.29 is 33.9 Å². The van der Waals surface area contributed by atoms with E-state index >= 15 is 0 Å². The monoisotopic (exact) mass is 862 g/mol. The van der Waals surface area contributed by atoms with Gasteiger partial charge in [0, 0.05) is 13.2 Å². The van der Waals surface area contributed by atoms with Gasteiger partial charge in [0.1, 0.15) is 12.2 Å².